The lowest BCUT2D eigenvalue weighted by atomic mass is 10.1. The van der Waals surface area contributed by atoms with E-state index in [9.17, 15) is 10.1 Å². The molecule has 0 spiro atoms. The van der Waals surface area contributed by atoms with Gasteiger partial charge in [-0.3, -0.25) is 10.1 Å². The molecule has 0 saturated carbocycles. The highest BCUT2D eigenvalue weighted by Gasteiger charge is 2.15. The summed E-state index contributed by atoms with van der Waals surface area (Å²) in [5.41, 5.74) is 2.57. The summed E-state index contributed by atoms with van der Waals surface area (Å²) in [6.45, 7) is 0. The SMILES string of the molecule is O=[N+]([O-])c1cccc(-c2csc3ncnc(Nc4cccc(Br)c4)c23)c1. The van der Waals surface area contributed by atoms with E-state index in [1.54, 1.807) is 12.1 Å². The minimum atomic E-state index is -0.394. The van der Waals surface area contributed by atoms with E-state index in [1.165, 1.54) is 23.7 Å². The Kier molecular flexibility index (Phi) is 4.36. The van der Waals surface area contributed by atoms with Crippen molar-refractivity contribution in [1.29, 1.82) is 0 Å². The fourth-order valence-electron chi connectivity index (χ4n) is 2.67. The monoisotopic (exact) mass is 426 g/mol. The number of nitro benzene ring substituents is 1. The molecular formula is C18H11BrN4O2S. The molecule has 0 aliphatic carbocycles. The number of halogens is 1. The maximum absolute atomic E-state index is 11.1. The summed E-state index contributed by atoms with van der Waals surface area (Å²) < 4.78 is 0.956. The zero-order valence-electron chi connectivity index (χ0n) is 13.2. The third kappa shape index (κ3) is 3.16. The highest BCUT2D eigenvalue weighted by molar-refractivity contribution is 9.10. The first-order valence-corrected chi connectivity index (χ1v) is 9.29. The second kappa shape index (κ2) is 6.81. The summed E-state index contributed by atoms with van der Waals surface area (Å²) in [4.78, 5) is 20.2. The van der Waals surface area contributed by atoms with Crippen LogP contribution in [0.3, 0.4) is 0 Å². The molecule has 4 aromatic rings. The van der Waals surface area contributed by atoms with Gasteiger partial charge in [-0.1, -0.05) is 34.1 Å². The van der Waals surface area contributed by atoms with Crippen LogP contribution in [0.15, 0.2) is 64.7 Å². The molecule has 26 heavy (non-hydrogen) atoms. The summed E-state index contributed by atoms with van der Waals surface area (Å²) in [6.07, 6.45) is 1.51. The van der Waals surface area contributed by atoms with E-state index in [0.29, 0.717) is 5.82 Å². The van der Waals surface area contributed by atoms with Crippen molar-refractivity contribution in [2.24, 2.45) is 0 Å². The van der Waals surface area contributed by atoms with Crippen molar-refractivity contribution in [1.82, 2.24) is 9.97 Å². The molecule has 2 aromatic heterocycles. The van der Waals surface area contributed by atoms with E-state index >= 15 is 0 Å². The van der Waals surface area contributed by atoms with Crippen molar-refractivity contribution in [2.45, 2.75) is 0 Å². The first-order valence-electron chi connectivity index (χ1n) is 7.61. The van der Waals surface area contributed by atoms with Crippen LogP contribution in [0.25, 0.3) is 21.3 Å². The highest BCUT2D eigenvalue weighted by atomic mass is 79.9. The first-order chi connectivity index (χ1) is 12.6. The molecular weight excluding hydrogens is 416 g/mol. The van der Waals surface area contributed by atoms with Crippen molar-refractivity contribution in [3.05, 3.63) is 74.8 Å². The summed E-state index contributed by atoms with van der Waals surface area (Å²) in [7, 11) is 0. The Morgan fingerprint density at radius 1 is 1.12 bits per heavy atom. The van der Waals surface area contributed by atoms with Crippen molar-refractivity contribution in [2.75, 3.05) is 5.32 Å². The van der Waals surface area contributed by atoms with Gasteiger partial charge < -0.3 is 5.32 Å². The Bertz CT molecular complexity index is 1130. The van der Waals surface area contributed by atoms with Gasteiger partial charge in [-0.15, -0.1) is 11.3 Å². The lowest BCUT2D eigenvalue weighted by Crippen LogP contribution is -1.95. The smallest absolute Gasteiger partial charge is 0.270 e. The Hall–Kier alpha value is -2.84. The van der Waals surface area contributed by atoms with E-state index in [-0.39, 0.29) is 5.69 Å². The highest BCUT2D eigenvalue weighted by Crippen LogP contribution is 2.38. The molecule has 0 unspecified atom stereocenters. The van der Waals surface area contributed by atoms with E-state index in [2.05, 4.69) is 31.2 Å². The molecule has 0 saturated heterocycles. The third-order valence-electron chi connectivity index (χ3n) is 3.83. The van der Waals surface area contributed by atoms with Gasteiger partial charge in [0, 0.05) is 33.2 Å². The van der Waals surface area contributed by atoms with E-state index in [4.69, 9.17) is 0 Å². The number of nitrogens with one attached hydrogen (secondary N) is 1. The number of thiophene rings is 1. The number of hydrogen-bond acceptors (Lipinski definition) is 6. The van der Waals surface area contributed by atoms with Crippen molar-refractivity contribution >= 4 is 54.7 Å². The predicted octanol–water partition coefficient (Wildman–Crippen LogP) is 5.77. The van der Waals surface area contributed by atoms with Gasteiger partial charge in [0.25, 0.3) is 5.69 Å². The fourth-order valence-corrected chi connectivity index (χ4v) is 3.99. The minimum absolute atomic E-state index is 0.0557. The standard InChI is InChI=1S/C18H11BrN4O2S/c19-12-4-2-5-13(8-12)22-17-16-15(9-26-18(16)21-10-20-17)11-3-1-6-14(7-11)23(24)25/h1-10H,(H,20,21,22). The molecule has 6 nitrogen and oxygen atoms in total. The molecule has 128 valence electrons. The van der Waals surface area contributed by atoms with E-state index < -0.39 is 4.92 Å². The topological polar surface area (TPSA) is 81.0 Å². The summed E-state index contributed by atoms with van der Waals surface area (Å²) >= 11 is 4.94. The summed E-state index contributed by atoms with van der Waals surface area (Å²) in [5, 5.41) is 17.2. The van der Waals surface area contributed by atoms with Gasteiger partial charge in [0.05, 0.1) is 10.3 Å². The Labute approximate surface area is 160 Å². The minimum Gasteiger partial charge on any atom is -0.340 e. The molecule has 8 heteroatoms. The van der Waals surface area contributed by atoms with E-state index in [1.807, 2.05) is 35.7 Å². The molecule has 2 aromatic carbocycles. The Balaban J connectivity index is 1.85. The van der Waals surface area contributed by atoms with Crippen LogP contribution < -0.4 is 5.32 Å². The Morgan fingerprint density at radius 2 is 1.96 bits per heavy atom. The van der Waals surface area contributed by atoms with Crippen LogP contribution in [-0.2, 0) is 0 Å². The lowest BCUT2D eigenvalue weighted by Gasteiger charge is -2.09. The van der Waals surface area contributed by atoms with Crippen LogP contribution in [-0.4, -0.2) is 14.9 Å². The average Bonchev–Trinajstić information content (AvgIpc) is 3.07. The predicted molar refractivity (Wildman–Crippen MR) is 107 cm³/mol. The number of anilines is 2. The first kappa shape index (κ1) is 16.6. The second-order valence-corrected chi connectivity index (χ2v) is 7.27. The number of benzene rings is 2. The largest absolute Gasteiger partial charge is 0.340 e. The molecule has 0 aliphatic heterocycles. The molecule has 0 bridgehead atoms. The zero-order chi connectivity index (χ0) is 18.1. The summed E-state index contributed by atoms with van der Waals surface area (Å²) in [5.74, 6) is 0.663. The molecule has 0 radical (unpaired) electrons. The van der Waals surface area contributed by atoms with Gasteiger partial charge in [-0.25, -0.2) is 9.97 Å². The number of nitro groups is 1. The van der Waals surface area contributed by atoms with Gasteiger partial charge >= 0.3 is 0 Å². The van der Waals surface area contributed by atoms with Crippen LogP contribution in [0.4, 0.5) is 17.2 Å². The maximum Gasteiger partial charge on any atom is 0.270 e. The van der Waals surface area contributed by atoms with E-state index in [0.717, 1.165) is 31.5 Å². The quantitative estimate of drug-likeness (QED) is 0.330. The van der Waals surface area contributed by atoms with Gasteiger partial charge in [0.1, 0.15) is 17.0 Å². The van der Waals surface area contributed by atoms with Gasteiger partial charge in [0.15, 0.2) is 0 Å². The van der Waals surface area contributed by atoms with Crippen LogP contribution >= 0.6 is 27.3 Å². The van der Waals surface area contributed by atoms with Crippen LogP contribution in [0.1, 0.15) is 0 Å². The average molecular weight is 427 g/mol. The number of hydrogen-bond donors (Lipinski definition) is 1. The number of aromatic nitrogens is 2. The third-order valence-corrected chi connectivity index (χ3v) is 5.21. The molecule has 0 amide bonds. The van der Waals surface area contributed by atoms with Crippen LogP contribution in [0.2, 0.25) is 0 Å². The zero-order valence-corrected chi connectivity index (χ0v) is 15.6. The van der Waals surface area contributed by atoms with Crippen LogP contribution in [0.5, 0.6) is 0 Å². The molecule has 2 heterocycles. The van der Waals surface area contributed by atoms with Gasteiger partial charge in [-0.2, -0.15) is 0 Å². The number of fused-ring (bicyclic) bond motifs is 1. The number of rotatable bonds is 4. The molecule has 1 N–H and O–H groups in total. The van der Waals surface area contributed by atoms with Crippen molar-refractivity contribution < 1.29 is 4.92 Å². The molecule has 0 atom stereocenters. The van der Waals surface area contributed by atoms with Crippen molar-refractivity contribution in [3.63, 3.8) is 0 Å². The summed E-state index contributed by atoms with van der Waals surface area (Å²) in [6, 6.07) is 14.4. The molecule has 0 aliphatic rings. The number of nitrogens with zero attached hydrogens (tertiary/aromatic N) is 3. The molecule has 0 fully saturated rings. The van der Waals surface area contributed by atoms with Crippen LogP contribution in [0, 0.1) is 10.1 Å². The maximum atomic E-state index is 11.1. The fraction of sp³-hybridized carbons (Fsp3) is 0. The Morgan fingerprint density at radius 3 is 2.77 bits per heavy atom. The molecule has 4 rings (SSSR count). The van der Waals surface area contributed by atoms with Gasteiger partial charge in [-0.05, 0) is 23.8 Å². The van der Waals surface area contributed by atoms with Crippen molar-refractivity contribution in [3.8, 4) is 11.1 Å². The van der Waals surface area contributed by atoms with Gasteiger partial charge in [0.2, 0.25) is 0 Å². The normalized spacial score (nSPS) is 10.8. The number of non-ortho nitro benzene ring substituents is 1. The lowest BCUT2D eigenvalue weighted by molar-refractivity contribution is -0.384. The second-order valence-electron chi connectivity index (χ2n) is 5.49.